The quantitative estimate of drug-likeness (QED) is 0.809. The highest BCUT2D eigenvalue weighted by molar-refractivity contribution is 5.92. The van der Waals surface area contributed by atoms with Crippen LogP contribution in [0.4, 0.5) is 10.5 Å². The molecule has 0 saturated heterocycles. The smallest absolute Gasteiger partial charge is 0.319 e. The molecule has 3 rings (SSSR count). The lowest BCUT2D eigenvalue weighted by molar-refractivity contribution is 0.251. The molecule has 2 N–H and O–H groups in total. The van der Waals surface area contributed by atoms with E-state index in [1.165, 1.54) is 0 Å². The Bertz CT molecular complexity index is 612. The number of aromatic nitrogens is 1. The molecule has 0 radical (unpaired) electrons. The minimum atomic E-state index is -0.160. The van der Waals surface area contributed by atoms with E-state index in [1.54, 1.807) is 0 Å². The fraction of sp³-hybridized carbons (Fsp3) is 0.231. The Kier molecular flexibility index (Phi) is 2.33. The van der Waals surface area contributed by atoms with Gasteiger partial charge in [-0.25, -0.2) is 4.79 Å². The summed E-state index contributed by atoms with van der Waals surface area (Å²) in [4.78, 5) is 11.2. The monoisotopic (exact) mass is 243 g/mol. The van der Waals surface area contributed by atoms with Crippen LogP contribution < -0.4 is 10.6 Å². The van der Waals surface area contributed by atoms with Gasteiger partial charge in [0.1, 0.15) is 5.76 Å². The van der Waals surface area contributed by atoms with E-state index >= 15 is 0 Å². The van der Waals surface area contributed by atoms with Gasteiger partial charge in [0, 0.05) is 17.8 Å². The molecule has 0 unspecified atom stereocenters. The number of hydrogen-bond acceptors (Lipinski definition) is 3. The number of nitrogens with zero attached hydrogens (tertiary/aromatic N) is 1. The first-order chi connectivity index (χ1) is 8.65. The summed E-state index contributed by atoms with van der Waals surface area (Å²) in [5.74, 6) is 0.806. The maximum absolute atomic E-state index is 11.2. The lowest BCUT2D eigenvalue weighted by Gasteiger charge is -2.18. The number of aryl methyl sites for hydroxylation is 2. The van der Waals surface area contributed by atoms with Gasteiger partial charge in [-0.2, -0.15) is 0 Å². The molecule has 1 aliphatic heterocycles. The van der Waals surface area contributed by atoms with Crippen LogP contribution in [0.5, 0.6) is 0 Å². The number of amides is 2. The average Bonchev–Trinajstić information content (AvgIpc) is 2.69. The van der Waals surface area contributed by atoms with Crippen molar-refractivity contribution in [2.45, 2.75) is 20.4 Å². The van der Waals surface area contributed by atoms with Crippen molar-refractivity contribution in [1.29, 1.82) is 0 Å². The molecule has 2 aromatic rings. The number of hydrogen-bond donors (Lipinski definition) is 2. The second-order valence-corrected chi connectivity index (χ2v) is 4.38. The molecule has 5 nitrogen and oxygen atoms in total. The summed E-state index contributed by atoms with van der Waals surface area (Å²) < 4.78 is 5.18. The number of rotatable bonds is 1. The molecule has 2 amide bonds. The third-order valence-corrected chi connectivity index (χ3v) is 3.11. The number of nitrogens with one attached hydrogen (secondary N) is 2. The Morgan fingerprint density at radius 2 is 2.17 bits per heavy atom. The number of fused-ring (bicyclic) bond motifs is 1. The van der Waals surface area contributed by atoms with E-state index in [4.69, 9.17) is 4.52 Å². The minimum Gasteiger partial charge on any atom is -0.361 e. The Labute approximate surface area is 104 Å². The summed E-state index contributed by atoms with van der Waals surface area (Å²) >= 11 is 0. The average molecular weight is 243 g/mol. The van der Waals surface area contributed by atoms with Crippen LogP contribution in [-0.2, 0) is 6.54 Å². The van der Waals surface area contributed by atoms with Crippen molar-refractivity contribution < 1.29 is 9.32 Å². The molecular weight excluding hydrogens is 230 g/mol. The van der Waals surface area contributed by atoms with Gasteiger partial charge in [-0.3, -0.25) is 0 Å². The summed E-state index contributed by atoms with van der Waals surface area (Å²) in [6.45, 7) is 4.36. The fourth-order valence-electron chi connectivity index (χ4n) is 2.25. The molecule has 0 bridgehead atoms. The highest BCUT2D eigenvalue weighted by Crippen LogP contribution is 2.30. The van der Waals surface area contributed by atoms with E-state index in [0.29, 0.717) is 6.54 Å². The van der Waals surface area contributed by atoms with Gasteiger partial charge in [0.05, 0.1) is 5.69 Å². The van der Waals surface area contributed by atoms with Gasteiger partial charge in [0.15, 0.2) is 0 Å². The molecule has 5 heteroatoms. The Hall–Kier alpha value is -2.30. The minimum absolute atomic E-state index is 0.160. The Morgan fingerprint density at radius 3 is 2.89 bits per heavy atom. The van der Waals surface area contributed by atoms with Gasteiger partial charge < -0.3 is 15.2 Å². The summed E-state index contributed by atoms with van der Waals surface area (Å²) in [7, 11) is 0. The molecule has 0 fully saturated rings. The van der Waals surface area contributed by atoms with Crippen LogP contribution in [0.15, 0.2) is 22.7 Å². The normalized spacial score (nSPS) is 13.8. The van der Waals surface area contributed by atoms with Crippen molar-refractivity contribution in [1.82, 2.24) is 10.5 Å². The van der Waals surface area contributed by atoms with Gasteiger partial charge in [-0.05, 0) is 37.1 Å². The molecule has 0 aliphatic carbocycles. The van der Waals surface area contributed by atoms with Crippen molar-refractivity contribution in [3.8, 4) is 11.1 Å². The van der Waals surface area contributed by atoms with Crippen LogP contribution in [0.1, 0.15) is 17.0 Å². The Morgan fingerprint density at radius 1 is 1.33 bits per heavy atom. The Balaban J connectivity index is 2.08. The van der Waals surface area contributed by atoms with Crippen LogP contribution >= 0.6 is 0 Å². The van der Waals surface area contributed by atoms with Crippen molar-refractivity contribution in [2.75, 3.05) is 5.32 Å². The van der Waals surface area contributed by atoms with Crippen molar-refractivity contribution in [3.05, 3.63) is 35.2 Å². The molecule has 92 valence electrons. The number of benzene rings is 1. The summed E-state index contributed by atoms with van der Waals surface area (Å²) in [5, 5.41) is 9.48. The summed E-state index contributed by atoms with van der Waals surface area (Å²) in [6, 6.07) is 5.77. The highest BCUT2D eigenvalue weighted by atomic mass is 16.5. The zero-order valence-electron chi connectivity index (χ0n) is 10.2. The van der Waals surface area contributed by atoms with Gasteiger partial charge >= 0.3 is 6.03 Å². The zero-order chi connectivity index (χ0) is 12.7. The first-order valence-corrected chi connectivity index (χ1v) is 5.76. The third-order valence-electron chi connectivity index (χ3n) is 3.11. The molecule has 0 saturated carbocycles. The van der Waals surface area contributed by atoms with Crippen LogP contribution in [-0.4, -0.2) is 11.2 Å². The van der Waals surface area contributed by atoms with Crippen LogP contribution in [0, 0.1) is 13.8 Å². The number of urea groups is 1. The van der Waals surface area contributed by atoms with E-state index in [9.17, 15) is 4.79 Å². The lowest BCUT2D eigenvalue weighted by atomic mass is 10.00. The predicted octanol–water partition coefficient (Wildman–Crippen LogP) is 2.59. The largest absolute Gasteiger partial charge is 0.361 e. The number of anilines is 1. The van der Waals surface area contributed by atoms with Gasteiger partial charge in [0.25, 0.3) is 0 Å². The SMILES string of the molecule is Cc1noc(C)c1-c1ccc2c(c1)CNC(=O)N2. The van der Waals surface area contributed by atoms with E-state index < -0.39 is 0 Å². The molecular formula is C13H13N3O2. The van der Waals surface area contributed by atoms with Crippen LogP contribution in [0.3, 0.4) is 0 Å². The molecule has 1 aliphatic rings. The molecule has 0 atom stereocenters. The van der Waals surface area contributed by atoms with Gasteiger partial charge in [-0.1, -0.05) is 11.2 Å². The maximum atomic E-state index is 11.2. The molecule has 1 aromatic carbocycles. The molecule has 0 spiro atoms. The summed E-state index contributed by atoms with van der Waals surface area (Å²) in [5.41, 5.74) is 4.87. The van der Waals surface area contributed by atoms with Crippen molar-refractivity contribution in [2.24, 2.45) is 0 Å². The van der Waals surface area contributed by atoms with E-state index in [2.05, 4.69) is 15.8 Å². The van der Waals surface area contributed by atoms with Crippen molar-refractivity contribution in [3.63, 3.8) is 0 Å². The summed E-state index contributed by atoms with van der Waals surface area (Å²) in [6.07, 6.45) is 0. The van der Waals surface area contributed by atoms with Gasteiger partial charge in [-0.15, -0.1) is 0 Å². The third kappa shape index (κ3) is 1.64. The molecule has 18 heavy (non-hydrogen) atoms. The predicted molar refractivity (Wildman–Crippen MR) is 67.3 cm³/mol. The topological polar surface area (TPSA) is 67.2 Å². The second-order valence-electron chi connectivity index (χ2n) is 4.38. The van der Waals surface area contributed by atoms with E-state index in [1.807, 2.05) is 32.0 Å². The lowest BCUT2D eigenvalue weighted by Crippen LogP contribution is -2.33. The maximum Gasteiger partial charge on any atom is 0.319 e. The van der Waals surface area contributed by atoms with E-state index in [0.717, 1.165) is 33.8 Å². The molecule has 1 aromatic heterocycles. The van der Waals surface area contributed by atoms with Crippen molar-refractivity contribution >= 4 is 11.7 Å². The second kappa shape index (κ2) is 3.87. The zero-order valence-corrected chi connectivity index (χ0v) is 10.2. The van der Waals surface area contributed by atoms with Crippen LogP contribution in [0.25, 0.3) is 11.1 Å². The fourth-order valence-corrected chi connectivity index (χ4v) is 2.25. The molecule has 2 heterocycles. The number of carbonyl (C=O) groups is 1. The first-order valence-electron chi connectivity index (χ1n) is 5.76. The van der Waals surface area contributed by atoms with Crippen LogP contribution in [0.2, 0.25) is 0 Å². The van der Waals surface area contributed by atoms with E-state index in [-0.39, 0.29) is 6.03 Å². The highest BCUT2D eigenvalue weighted by Gasteiger charge is 2.17. The number of carbonyl (C=O) groups excluding carboxylic acids is 1. The first kappa shape index (κ1) is 10.8. The standard InChI is InChI=1S/C13H13N3O2/c1-7-12(8(2)18-16-7)9-3-4-11-10(5-9)6-14-13(17)15-11/h3-5H,6H2,1-2H3,(H2,14,15,17). The van der Waals surface area contributed by atoms with Gasteiger partial charge in [0.2, 0.25) is 0 Å².